The Morgan fingerprint density at radius 3 is 2.49 bits per heavy atom. The number of aliphatic hydroxyl groups excluding tert-OH is 2. The summed E-state index contributed by atoms with van der Waals surface area (Å²) in [6.45, 7) is 4.14. The molecule has 0 amide bonds. The standard InChI is InChI=1S/C21H28N3O10P/c1-12(19(28)31-4)23-35(30,34-14-8-6-5-7-9-14)33-13(2)17-16(26)18(27)21(3,32-17)24-11-10-15(25)22-20(24)29/h5-13,16-18,26-27H,1-4H3,(H,23,30)(H,22,25,29)/t12?,13?,16?,17-,18?,21-,35?/m1/s1. The van der Waals surface area contributed by atoms with Gasteiger partial charge in [0.1, 0.15) is 30.1 Å². The van der Waals surface area contributed by atoms with Gasteiger partial charge in [-0.1, -0.05) is 18.2 Å². The lowest BCUT2D eigenvalue weighted by molar-refractivity contribution is -0.146. The third-order valence-corrected chi connectivity index (χ3v) is 7.29. The monoisotopic (exact) mass is 513 g/mol. The molecule has 3 rings (SSSR count). The summed E-state index contributed by atoms with van der Waals surface area (Å²) < 4.78 is 36.2. The second kappa shape index (κ2) is 10.4. The Balaban J connectivity index is 1.87. The summed E-state index contributed by atoms with van der Waals surface area (Å²) >= 11 is 0. The summed E-state index contributed by atoms with van der Waals surface area (Å²) in [6.07, 6.45) is -4.58. The molecule has 2 aromatic rings. The van der Waals surface area contributed by atoms with Gasteiger partial charge in [0.15, 0.2) is 5.72 Å². The van der Waals surface area contributed by atoms with Crippen LogP contribution in [-0.4, -0.2) is 63.3 Å². The van der Waals surface area contributed by atoms with Crippen molar-refractivity contribution in [2.24, 2.45) is 0 Å². The number of rotatable bonds is 9. The van der Waals surface area contributed by atoms with Crippen LogP contribution in [0.2, 0.25) is 0 Å². The highest BCUT2D eigenvalue weighted by molar-refractivity contribution is 7.52. The van der Waals surface area contributed by atoms with E-state index in [2.05, 4.69) is 14.8 Å². The zero-order valence-electron chi connectivity index (χ0n) is 19.5. The molecule has 0 saturated carbocycles. The maximum Gasteiger partial charge on any atom is 0.459 e. The molecule has 1 aliphatic rings. The number of hydrogen-bond donors (Lipinski definition) is 4. The number of carbonyl (C=O) groups is 1. The first-order chi connectivity index (χ1) is 16.4. The van der Waals surface area contributed by atoms with Crippen LogP contribution in [0.4, 0.5) is 0 Å². The number of hydrogen-bond acceptors (Lipinski definition) is 10. The van der Waals surface area contributed by atoms with Gasteiger partial charge in [-0.15, -0.1) is 0 Å². The second-order valence-electron chi connectivity index (χ2n) is 8.14. The predicted molar refractivity (Wildman–Crippen MR) is 122 cm³/mol. The Labute approximate surface area is 200 Å². The first kappa shape index (κ1) is 26.8. The Bertz CT molecular complexity index is 1200. The Kier molecular flexibility index (Phi) is 8.00. The van der Waals surface area contributed by atoms with E-state index in [1.165, 1.54) is 32.9 Å². The van der Waals surface area contributed by atoms with E-state index in [1.807, 2.05) is 0 Å². The van der Waals surface area contributed by atoms with E-state index >= 15 is 0 Å². The number of nitrogens with one attached hydrogen (secondary N) is 2. The summed E-state index contributed by atoms with van der Waals surface area (Å²) in [5.74, 6) is -0.555. The zero-order chi connectivity index (χ0) is 26.0. The molecule has 2 heterocycles. The van der Waals surface area contributed by atoms with Gasteiger partial charge in [0.05, 0.1) is 13.2 Å². The van der Waals surface area contributed by atoms with Gasteiger partial charge in [-0.3, -0.25) is 23.7 Å². The number of carbonyl (C=O) groups excluding carboxylic acids is 1. The fourth-order valence-corrected chi connectivity index (χ4v) is 5.39. The molecule has 35 heavy (non-hydrogen) atoms. The van der Waals surface area contributed by atoms with Crippen molar-refractivity contribution >= 4 is 13.7 Å². The average molecular weight is 513 g/mol. The van der Waals surface area contributed by atoms with Crippen LogP contribution >= 0.6 is 7.75 Å². The molecule has 1 aliphatic heterocycles. The molecule has 5 unspecified atom stereocenters. The van der Waals surface area contributed by atoms with E-state index in [-0.39, 0.29) is 5.75 Å². The Hall–Kier alpha value is -2.80. The maximum atomic E-state index is 13.6. The Morgan fingerprint density at radius 2 is 1.89 bits per heavy atom. The number of methoxy groups -OCH3 is 1. The lowest BCUT2D eigenvalue weighted by atomic mass is 10.0. The van der Waals surface area contributed by atoms with Crippen molar-refractivity contribution in [3.05, 3.63) is 63.4 Å². The summed E-state index contributed by atoms with van der Waals surface area (Å²) in [4.78, 5) is 37.7. The fourth-order valence-electron chi connectivity index (χ4n) is 3.70. The third kappa shape index (κ3) is 5.72. The number of benzene rings is 1. The van der Waals surface area contributed by atoms with E-state index in [1.54, 1.807) is 18.2 Å². The number of H-pyrrole nitrogens is 1. The quantitative estimate of drug-likeness (QED) is 0.263. The predicted octanol–water partition coefficient (Wildman–Crippen LogP) is 0.0732. The molecule has 0 radical (unpaired) electrons. The van der Waals surface area contributed by atoms with Crippen LogP contribution in [0, 0.1) is 0 Å². The number of para-hydroxylation sites is 1. The van der Waals surface area contributed by atoms with Gasteiger partial charge in [-0.2, -0.15) is 5.09 Å². The first-order valence-electron chi connectivity index (χ1n) is 10.7. The van der Waals surface area contributed by atoms with Crippen LogP contribution in [-0.2, 0) is 29.1 Å². The zero-order valence-corrected chi connectivity index (χ0v) is 20.4. The van der Waals surface area contributed by atoms with Crippen LogP contribution in [0.5, 0.6) is 5.75 Å². The molecule has 13 nitrogen and oxygen atoms in total. The summed E-state index contributed by atoms with van der Waals surface area (Å²) in [7, 11) is -3.13. The number of ether oxygens (including phenoxy) is 2. The van der Waals surface area contributed by atoms with Gasteiger partial charge in [0.2, 0.25) is 0 Å². The summed E-state index contributed by atoms with van der Waals surface area (Å²) in [6, 6.07) is 8.01. The van der Waals surface area contributed by atoms with Gasteiger partial charge < -0.3 is 24.2 Å². The number of aromatic amines is 1. The van der Waals surface area contributed by atoms with E-state index in [0.29, 0.717) is 0 Å². The minimum Gasteiger partial charge on any atom is -0.468 e. The van der Waals surface area contributed by atoms with Crippen molar-refractivity contribution in [2.75, 3.05) is 7.11 Å². The van der Waals surface area contributed by atoms with E-state index < -0.39 is 61.1 Å². The van der Waals surface area contributed by atoms with Crippen molar-refractivity contribution in [3.63, 3.8) is 0 Å². The van der Waals surface area contributed by atoms with Crippen molar-refractivity contribution in [1.29, 1.82) is 0 Å². The molecule has 0 spiro atoms. The van der Waals surface area contributed by atoms with Gasteiger partial charge >= 0.3 is 19.4 Å². The van der Waals surface area contributed by atoms with Crippen molar-refractivity contribution in [1.82, 2.24) is 14.6 Å². The topological polar surface area (TPSA) is 178 Å². The van der Waals surface area contributed by atoms with E-state index in [9.17, 15) is 29.2 Å². The SMILES string of the molecule is COC(=O)C(C)NP(=O)(Oc1ccccc1)OC(C)[C@H]1O[C@@](C)(n2ccc(=O)[nH]c2=O)C(O)C1O. The number of aromatic nitrogens is 2. The van der Waals surface area contributed by atoms with E-state index in [4.69, 9.17) is 13.8 Å². The smallest absolute Gasteiger partial charge is 0.459 e. The number of aliphatic hydroxyl groups is 2. The Morgan fingerprint density at radius 1 is 1.23 bits per heavy atom. The molecule has 1 saturated heterocycles. The van der Waals surface area contributed by atoms with Gasteiger partial charge in [0.25, 0.3) is 5.56 Å². The molecular formula is C21H28N3O10P. The van der Waals surface area contributed by atoms with Crippen molar-refractivity contribution in [3.8, 4) is 5.75 Å². The van der Waals surface area contributed by atoms with Crippen molar-refractivity contribution < 1.29 is 38.1 Å². The van der Waals surface area contributed by atoms with Crippen LogP contribution in [0.25, 0.3) is 0 Å². The molecular weight excluding hydrogens is 485 g/mol. The minimum atomic E-state index is -4.29. The normalized spacial score (nSPS) is 27.5. The summed E-state index contributed by atoms with van der Waals surface area (Å²) in [5, 5.41) is 23.9. The van der Waals surface area contributed by atoms with Crippen LogP contribution in [0.15, 0.2) is 52.2 Å². The average Bonchev–Trinajstić information content (AvgIpc) is 3.03. The van der Waals surface area contributed by atoms with Crippen LogP contribution in [0.3, 0.4) is 0 Å². The molecule has 1 fully saturated rings. The highest BCUT2D eigenvalue weighted by atomic mass is 31.2. The molecule has 7 atom stereocenters. The molecule has 1 aromatic heterocycles. The second-order valence-corrected chi connectivity index (χ2v) is 9.79. The maximum absolute atomic E-state index is 13.6. The fraction of sp³-hybridized carbons (Fsp3) is 0.476. The van der Waals surface area contributed by atoms with Crippen LogP contribution < -0.4 is 20.9 Å². The third-order valence-electron chi connectivity index (χ3n) is 5.53. The summed E-state index contributed by atoms with van der Waals surface area (Å²) in [5.41, 5.74) is -3.31. The van der Waals surface area contributed by atoms with Crippen molar-refractivity contribution in [2.45, 2.75) is 57.0 Å². The highest BCUT2D eigenvalue weighted by Crippen LogP contribution is 2.48. The molecule has 0 bridgehead atoms. The van der Waals surface area contributed by atoms with Crippen LogP contribution in [0.1, 0.15) is 20.8 Å². The lowest BCUT2D eigenvalue weighted by Crippen LogP contribution is -2.49. The first-order valence-corrected chi connectivity index (χ1v) is 12.2. The highest BCUT2D eigenvalue weighted by Gasteiger charge is 2.55. The largest absolute Gasteiger partial charge is 0.468 e. The number of esters is 1. The number of nitrogens with zero attached hydrogens (tertiary/aromatic N) is 1. The van der Waals surface area contributed by atoms with Gasteiger partial charge in [0, 0.05) is 12.3 Å². The lowest BCUT2D eigenvalue weighted by Gasteiger charge is -2.31. The van der Waals surface area contributed by atoms with Gasteiger partial charge in [-0.05, 0) is 32.9 Å². The molecule has 14 heteroatoms. The van der Waals surface area contributed by atoms with Gasteiger partial charge in [-0.25, -0.2) is 9.36 Å². The minimum absolute atomic E-state index is 0.171. The molecule has 0 aliphatic carbocycles. The van der Waals surface area contributed by atoms with E-state index in [0.717, 1.165) is 23.9 Å². The molecule has 192 valence electrons. The molecule has 1 aromatic carbocycles. The molecule has 4 N–H and O–H groups in total.